The molecule has 1 aromatic heterocycles. The summed E-state index contributed by atoms with van der Waals surface area (Å²) in [4.78, 5) is 23.0. The third-order valence-corrected chi connectivity index (χ3v) is 3.57. The van der Waals surface area contributed by atoms with Crippen molar-refractivity contribution in [3.8, 4) is 11.3 Å². The molecule has 1 amide bonds. The zero-order valence-corrected chi connectivity index (χ0v) is 10.9. The van der Waals surface area contributed by atoms with Crippen LogP contribution in [0, 0.1) is 0 Å². The molecule has 2 N–H and O–H groups in total. The number of fused-ring (bicyclic) bond motifs is 1. The molecule has 0 radical (unpaired) electrons. The molecule has 102 valence electrons. The van der Waals surface area contributed by atoms with Crippen molar-refractivity contribution in [1.82, 2.24) is 5.16 Å². The molecule has 0 bridgehead atoms. The predicted octanol–water partition coefficient (Wildman–Crippen LogP) is 2.27. The van der Waals surface area contributed by atoms with Crippen LogP contribution in [0.4, 0.5) is 5.69 Å². The van der Waals surface area contributed by atoms with Crippen molar-refractivity contribution in [2.45, 2.75) is 19.3 Å². The van der Waals surface area contributed by atoms with Crippen LogP contribution in [0.1, 0.15) is 29.8 Å². The van der Waals surface area contributed by atoms with E-state index in [1.54, 1.807) is 18.2 Å². The first-order valence-corrected chi connectivity index (χ1v) is 6.05. The summed E-state index contributed by atoms with van der Waals surface area (Å²) in [6.07, 6.45) is 1.17. The third-order valence-electron chi connectivity index (χ3n) is 3.57. The molecule has 2 heterocycles. The Kier molecular flexibility index (Phi) is 2.44. The van der Waals surface area contributed by atoms with E-state index in [1.165, 1.54) is 6.20 Å². The van der Waals surface area contributed by atoms with Gasteiger partial charge in [0.1, 0.15) is 5.56 Å². The van der Waals surface area contributed by atoms with E-state index in [9.17, 15) is 9.59 Å². The topological polar surface area (TPSA) is 92.4 Å². The molecule has 20 heavy (non-hydrogen) atoms. The van der Waals surface area contributed by atoms with E-state index in [-0.39, 0.29) is 17.2 Å². The van der Waals surface area contributed by atoms with Crippen molar-refractivity contribution in [3.63, 3.8) is 0 Å². The standard InChI is InChI=1S/C14H12N2O4/c1-14(2)9-5-7(3-4-10(9)16-13(14)19)11-8(12(17)18)6-15-20-11/h3-6H,1-2H3,(H,16,19)(H,17,18). The Labute approximate surface area is 114 Å². The maximum atomic E-state index is 11.9. The van der Waals surface area contributed by atoms with Gasteiger partial charge in [0, 0.05) is 11.3 Å². The third kappa shape index (κ3) is 1.61. The number of hydrogen-bond donors (Lipinski definition) is 2. The van der Waals surface area contributed by atoms with E-state index in [0.717, 1.165) is 11.3 Å². The highest BCUT2D eigenvalue weighted by molar-refractivity contribution is 6.06. The molecule has 0 saturated carbocycles. The summed E-state index contributed by atoms with van der Waals surface area (Å²) in [5.74, 6) is -0.994. The van der Waals surface area contributed by atoms with E-state index in [4.69, 9.17) is 9.63 Å². The Morgan fingerprint density at radius 2 is 2.15 bits per heavy atom. The smallest absolute Gasteiger partial charge is 0.341 e. The van der Waals surface area contributed by atoms with Gasteiger partial charge in [-0.3, -0.25) is 4.79 Å². The number of carboxylic acids is 1. The number of carbonyl (C=O) groups excluding carboxylic acids is 1. The fourth-order valence-corrected chi connectivity index (χ4v) is 2.31. The van der Waals surface area contributed by atoms with Gasteiger partial charge >= 0.3 is 5.97 Å². The zero-order valence-electron chi connectivity index (χ0n) is 10.9. The SMILES string of the molecule is CC1(C)C(=O)Nc2ccc(-c3oncc3C(=O)O)cc21. The quantitative estimate of drug-likeness (QED) is 0.874. The van der Waals surface area contributed by atoms with Gasteiger partial charge in [-0.2, -0.15) is 0 Å². The normalized spacial score (nSPS) is 15.8. The van der Waals surface area contributed by atoms with Gasteiger partial charge in [0.15, 0.2) is 5.76 Å². The fraction of sp³-hybridized carbons (Fsp3) is 0.214. The second kappa shape index (κ2) is 3.93. The van der Waals surface area contributed by atoms with Crippen molar-refractivity contribution in [3.05, 3.63) is 35.5 Å². The number of hydrogen-bond acceptors (Lipinski definition) is 4. The van der Waals surface area contributed by atoms with E-state index < -0.39 is 11.4 Å². The molecule has 0 saturated heterocycles. The molecular formula is C14H12N2O4. The van der Waals surface area contributed by atoms with E-state index in [1.807, 2.05) is 13.8 Å². The Hall–Kier alpha value is -2.63. The Balaban J connectivity index is 2.15. The summed E-state index contributed by atoms with van der Waals surface area (Å²) in [5, 5.41) is 15.4. The molecule has 1 aliphatic rings. The van der Waals surface area contributed by atoms with Gasteiger partial charge in [-0.15, -0.1) is 0 Å². The van der Waals surface area contributed by atoms with Gasteiger partial charge < -0.3 is 14.9 Å². The lowest BCUT2D eigenvalue weighted by atomic mass is 9.85. The van der Waals surface area contributed by atoms with Crippen LogP contribution in [-0.4, -0.2) is 22.1 Å². The lowest BCUT2D eigenvalue weighted by Crippen LogP contribution is -2.26. The summed E-state index contributed by atoms with van der Waals surface area (Å²) in [6, 6.07) is 5.21. The minimum absolute atomic E-state index is 0.0000359. The molecular weight excluding hydrogens is 260 g/mol. The van der Waals surface area contributed by atoms with Crippen LogP contribution < -0.4 is 5.32 Å². The van der Waals surface area contributed by atoms with Crippen LogP contribution in [0.3, 0.4) is 0 Å². The Morgan fingerprint density at radius 3 is 2.85 bits per heavy atom. The summed E-state index contributed by atoms with van der Waals surface area (Å²) < 4.78 is 5.03. The number of amides is 1. The van der Waals surface area contributed by atoms with Crippen LogP contribution in [0.2, 0.25) is 0 Å². The van der Waals surface area contributed by atoms with Gasteiger partial charge in [0.25, 0.3) is 0 Å². The number of anilines is 1. The van der Waals surface area contributed by atoms with E-state index in [2.05, 4.69) is 10.5 Å². The number of nitrogens with one attached hydrogen (secondary N) is 1. The van der Waals surface area contributed by atoms with Crippen molar-refractivity contribution >= 4 is 17.6 Å². The monoisotopic (exact) mass is 272 g/mol. The largest absolute Gasteiger partial charge is 0.477 e. The minimum Gasteiger partial charge on any atom is -0.477 e. The van der Waals surface area contributed by atoms with E-state index in [0.29, 0.717) is 5.56 Å². The van der Waals surface area contributed by atoms with Gasteiger partial charge in [0.2, 0.25) is 5.91 Å². The molecule has 0 fully saturated rings. The summed E-state index contributed by atoms with van der Waals surface area (Å²) >= 11 is 0. The highest BCUT2D eigenvalue weighted by Crippen LogP contribution is 2.39. The molecule has 0 unspecified atom stereocenters. The average Bonchev–Trinajstić information content (AvgIpc) is 2.95. The van der Waals surface area contributed by atoms with Crippen LogP contribution in [0.15, 0.2) is 28.9 Å². The number of carbonyl (C=O) groups is 2. The molecule has 3 rings (SSSR count). The maximum Gasteiger partial charge on any atom is 0.341 e. The van der Waals surface area contributed by atoms with Gasteiger partial charge in [0.05, 0.1) is 11.6 Å². The number of rotatable bonds is 2. The van der Waals surface area contributed by atoms with Gasteiger partial charge in [-0.05, 0) is 37.6 Å². The predicted molar refractivity (Wildman–Crippen MR) is 70.6 cm³/mol. The first kappa shape index (κ1) is 12.4. The number of aromatic nitrogens is 1. The summed E-state index contributed by atoms with van der Waals surface area (Å²) in [7, 11) is 0. The molecule has 1 aliphatic heterocycles. The second-order valence-corrected chi connectivity index (χ2v) is 5.21. The lowest BCUT2D eigenvalue weighted by molar-refractivity contribution is -0.119. The van der Waals surface area contributed by atoms with Crippen molar-refractivity contribution in [2.24, 2.45) is 0 Å². The minimum atomic E-state index is -1.10. The van der Waals surface area contributed by atoms with Crippen LogP contribution >= 0.6 is 0 Å². The van der Waals surface area contributed by atoms with Gasteiger partial charge in [-0.25, -0.2) is 4.79 Å². The maximum absolute atomic E-state index is 11.9. The highest BCUT2D eigenvalue weighted by Gasteiger charge is 2.38. The zero-order chi connectivity index (χ0) is 14.5. The van der Waals surface area contributed by atoms with Gasteiger partial charge in [-0.1, -0.05) is 5.16 Å². The molecule has 0 aliphatic carbocycles. The first-order chi connectivity index (χ1) is 9.41. The number of aromatic carboxylic acids is 1. The molecule has 1 aromatic carbocycles. The molecule has 6 heteroatoms. The average molecular weight is 272 g/mol. The molecule has 6 nitrogen and oxygen atoms in total. The van der Waals surface area contributed by atoms with Crippen molar-refractivity contribution in [2.75, 3.05) is 5.32 Å². The molecule has 0 atom stereocenters. The van der Waals surface area contributed by atoms with Crippen LogP contribution in [0.5, 0.6) is 0 Å². The lowest BCUT2D eigenvalue weighted by Gasteiger charge is -2.15. The number of carboxylic acid groups (broad SMARTS) is 1. The highest BCUT2D eigenvalue weighted by atomic mass is 16.5. The molecule has 0 spiro atoms. The summed E-state index contributed by atoms with van der Waals surface area (Å²) in [5.41, 5.74) is 1.48. The van der Waals surface area contributed by atoms with Crippen molar-refractivity contribution in [1.29, 1.82) is 0 Å². The van der Waals surface area contributed by atoms with Crippen LogP contribution in [0.25, 0.3) is 11.3 Å². The van der Waals surface area contributed by atoms with Crippen LogP contribution in [-0.2, 0) is 10.2 Å². The Bertz CT molecular complexity index is 731. The second-order valence-electron chi connectivity index (χ2n) is 5.21. The Morgan fingerprint density at radius 1 is 1.40 bits per heavy atom. The fourth-order valence-electron chi connectivity index (χ4n) is 2.31. The van der Waals surface area contributed by atoms with E-state index >= 15 is 0 Å². The molecule has 2 aromatic rings. The summed E-state index contributed by atoms with van der Waals surface area (Å²) in [6.45, 7) is 3.63. The first-order valence-electron chi connectivity index (χ1n) is 6.05. The van der Waals surface area contributed by atoms with Crippen molar-refractivity contribution < 1.29 is 19.2 Å². The number of nitrogens with zero attached hydrogens (tertiary/aromatic N) is 1. The number of benzene rings is 1.